The molecule has 0 radical (unpaired) electrons. The van der Waals surface area contributed by atoms with Crippen molar-refractivity contribution in [3.8, 4) is 11.3 Å². The van der Waals surface area contributed by atoms with E-state index in [0.717, 1.165) is 34.2 Å². The van der Waals surface area contributed by atoms with Crippen molar-refractivity contribution in [3.63, 3.8) is 0 Å². The minimum atomic E-state index is -1.02. The fourth-order valence-corrected chi connectivity index (χ4v) is 4.76. The number of fused-ring (bicyclic) bond motifs is 1. The molecule has 7 heteroatoms. The average molecular weight is 410 g/mol. The van der Waals surface area contributed by atoms with E-state index in [1.54, 1.807) is 30.4 Å². The molecule has 3 aromatic rings. The Labute approximate surface area is 172 Å². The van der Waals surface area contributed by atoms with Crippen LogP contribution in [0.4, 0.5) is 5.82 Å². The van der Waals surface area contributed by atoms with Crippen molar-refractivity contribution in [1.82, 2.24) is 4.98 Å². The molecule has 29 heavy (non-hydrogen) atoms. The Kier molecular flexibility index (Phi) is 5.49. The van der Waals surface area contributed by atoms with Crippen LogP contribution in [0.5, 0.6) is 0 Å². The number of hydrogen-bond donors (Lipinski definition) is 1. The van der Waals surface area contributed by atoms with Gasteiger partial charge < -0.3 is 14.7 Å². The molecule has 0 saturated carbocycles. The molecule has 1 aliphatic rings. The molecule has 1 aliphatic heterocycles. The summed E-state index contributed by atoms with van der Waals surface area (Å²) < 4.78 is 6.33. The number of carbonyl (C=O) groups is 2. The quantitative estimate of drug-likeness (QED) is 0.627. The number of pyridine rings is 1. The topological polar surface area (TPSA) is 79.7 Å². The molecule has 1 N–H and O–H groups in total. The number of nitrogens with zero attached hydrogens (tertiary/aromatic N) is 2. The number of benzene rings is 1. The zero-order chi connectivity index (χ0) is 20.4. The molecule has 4 rings (SSSR count). The Bertz CT molecular complexity index is 1060. The summed E-state index contributed by atoms with van der Waals surface area (Å²) in [6, 6.07) is 11.5. The number of thiophene rings is 1. The van der Waals surface area contributed by atoms with Crippen LogP contribution in [-0.2, 0) is 9.53 Å². The molecule has 1 fully saturated rings. The zero-order valence-electron chi connectivity index (χ0n) is 16.1. The average Bonchev–Trinajstić information content (AvgIpc) is 3.18. The highest BCUT2D eigenvalue weighted by Crippen LogP contribution is 2.35. The predicted molar refractivity (Wildman–Crippen MR) is 114 cm³/mol. The van der Waals surface area contributed by atoms with Crippen molar-refractivity contribution in [2.75, 3.05) is 24.6 Å². The van der Waals surface area contributed by atoms with E-state index in [1.807, 2.05) is 23.1 Å². The molecule has 1 atom stereocenters. The molecule has 1 saturated heterocycles. The first-order valence-corrected chi connectivity index (χ1v) is 10.6. The molecule has 0 bridgehead atoms. The normalized spacial score (nSPS) is 16.7. The zero-order valence-corrected chi connectivity index (χ0v) is 16.9. The second kappa shape index (κ2) is 8.21. The second-order valence-electron chi connectivity index (χ2n) is 7.06. The Morgan fingerprint density at radius 3 is 2.90 bits per heavy atom. The molecule has 3 heterocycles. The van der Waals surface area contributed by atoms with Crippen LogP contribution in [-0.4, -0.2) is 41.7 Å². The summed E-state index contributed by atoms with van der Waals surface area (Å²) in [6.45, 7) is 3.21. The molecule has 0 spiro atoms. The van der Waals surface area contributed by atoms with Crippen LogP contribution in [0, 0.1) is 5.92 Å². The van der Waals surface area contributed by atoms with E-state index in [0.29, 0.717) is 25.5 Å². The van der Waals surface area contributed by atoms with E-state index in [-0.39, 0.29) is 17.5 Å². The first-order valence-electron chi connectivity index (χ1n) is 9.71. The fourth-order valence-electron chi connectivity index (χ4n) is 3.80. The minimum Gasteiger partial charge on any atom is -0.478 e. The van der Waals surface area contributed by atoms with Gasteiger partial charge in [0, 0.05) is 34.1 Å². The second-order valence-corrected chi connectivity index (χ2v) is 7.97. The highest BCUT2D eigenvalue weighted by atomic mass is 32.1. The molecule has 0 amide bonds. The molecule has 0 aliphatic carbocycles. The van der Waals surface area contributed by atoms with Gasteiger partial charge in [0.05, 0.1) is 18.2 Å². The maximum atomic E-state index is 12.2. The first-order chi connectivity index (χ1) is 14.1. The summed E-state index contributed by atoms with van der Waals surface area (Å²) in [7, 11) is 0. The number of piperidine rings is 1. The summed E-state index contributed by atoms with van der Waals surface area (Å²) in [5, 5.41) is 12.8. The summed E-state index contributed by atoms with van der Waals surface area (Å²) in [6.07, 6.45) is 1.53. The van der Waals surface area contributed by atoms with Gasteiger partial charge in [0.1, 0.15) is 11.4 Å². The number of esters is 1. The third-order valence-corrected chi connectivity index (χ3v) is 6.17. The van der Waals surface area contributed by atoms with E-state index >= 15 is 0 Å². The fraction of sp³-hybridized carbons (Fsp3) is 0.318. The number of carbonyl (C=O) groups excluding carboxylic acids is 1. The molecular weight excluding hydrogens is 388 g/mol. The minimum absolute atomic E-state index is 0.151. The Hall–Kier alpha value is -2.93. The SMILES string of the molecule is CCOC(=O)C1CCCN(c2nc(-c3csc4ccccc34)ccc2C(=O)O)C1. The number of ether oxygens (including phenoxy) is 1. The molecule has 2 aromatic heterocycles. The highest BCUT2D eigenvalue weighted by molar-refractivity contribution is 7.17. The molecule has 6 nitrogen and oxygen atoms in total. The lowest BCUT2D eigenvalue weighted by Crippen LogP contribution is -2.40. The lowest BCUT2D eigenvalue weighted by atomic mass is 9.97. The van der Waals surface area contributed by atoms with Gasteiger partial charge in [0.2, 0.25) is 0 Å². The molecule has 1 aromatic carbocycles. The van der Waals surface area contributed by atoms with Crippen molar-refractivity contribution in [2.45, 2.75) is 19.8 Å². The van der Waals surface area contributed by atoms with Crippen molar-refractivity contribution < 1.29 is 19.4 Å². The van der Waals surface area contributed by atoms with Crippen LogP contribution in [0.2, 0.25) is 0 Å². The number of anilines is 1. The van der Waals surface area contributed by atoms with E-state index < -0.39 is 5.97 Å². The third-order valence-electron chi connectivity index (χ3n) is 5.20. The van der Waals surface area contributed by atoms with Gasteiger partial charge in [-0.2, -0.15) is 0 Å². The predicted octanol–water partition coefficient (Wildman–Crippen LogP) is 4.44. The standard InChI is InChI=1S/C22H22N2O4S/c1-2-28-22(27)14-6-5-11-24(12-14)20-16(21(25)26)9-10-18(23-20)17-13-29-19-8-4-3-7-15(17)19/h3-4,7-10,13-14H,2,5-6,11-12H2,1H3,(H,25,26). The maximum absolute atomic E-state index is 12.2. The van der Waals surface area contributed by atoms with Crippen molar-refractivity contribution in [3.05, 3.63) is 47.3 Å². The summed E-state index contributed by atoms with van der Waals surface area (Å²) >= 11 is 1.64. The van der Waals surface area contributed by atoms with Gasteiger partial charge in [0.15, 0.2) is 0 Å². The Morgan fingerprint density at radius 2 is 2.10 bits per heavy atom. The molecule has 150 valence electrons. The van der Waals surface area contributed by atoms with Crippen LogP contribution in [0.1, 0.15) is 30.1 Å². The summed E-state index contributed by atoms with van der Waals surface area (Å²) in [5.74, 6) is -1.10. The van der Waals surface area contributed by atoms with Gasteiger partial charge in [-0.25, -0.2) is 9.78 Å². The van der Waals surface area contributed by atoms with Gasteiger partial charge in [-0.3, -0.25) is 4.79 Å². The van der Waals surface area contributed by atoms with E-state index in [4.69, 9.17) is 9.72 Å². The largest absolute Gasteiger partial charge is 0.478 e. The highest BCUT2D eigenvalue weighted by Gasteiger charge is 2.30. The first kappa shape index (κ1) is 19.4. The smallest absolute Gasteiger partial charge is 0.339 e. The number of hydrogen-bond acceptors (Lipinski definition) is 6. The lowest BCUT2D eigenvalue weighted by Gasteiger charge is -2.33. The maximum Gasteiger partial charge on any atom is 0.339 e. The Morgan fingerprint density at radius 1 is 1.28 bits per heavy atom. The number of carboxylic acids is 1. The van der Waals surface area contributed by atoms with Gasteiger partial charge in [0.25, 0.3) is 0 Å². The van der Waals surface area contributed by atoms with Gasteiger partial charge in [-0.1, -0.05) is 18.2 Å². The Balaban J connectivity index is 1.73. The van der Waals surface area contributed by atoms with Crippen molar-refractivity contribution in [2.24, 2.45) is 5.92 Å². The van der Waals surface area contributed by atoms with Gasteiger partial charge in [-0.15, -0.1) is 11.3 Å². The lowest BCUT2D eigenvalue weighted by molar-refractivity contribution is -0.148. The van der Waals surface area contributed by atoms with Crippen molar-refractivity contribution in [1.29, 1.82) is 0 Å². The van der Waals surface area contributed by atoms with Gasteiger partial charge >= 0.3 is 11.9 Å². The van der Waals surface area contributed by atoms with E-state index in [1.165, 1.54) is 0 Å². The third kappa shape index (κ3) is 3.82. The van der Waals surface area contributed by atoms with Gasteiger partial charge in [-0.05, 0) is 38.0 Å². The van der Waals surface area contributed by atoms with Crippen molar-refractivity contribution >= 4 is 39.2 Å². The van der Waals surface area contributed by atoms with Crippen LogP contribution in [0.3, 0.4) is 0 Å². The number of rotatable bonds is 5. The molecule has 1 unspecified atom stereocenters. The monoisotopic (exact) mass is 410 g/mol. The number of aromatic nitrogens is 1. The number of aromatic carboxylic acids is 1. The van der Waals surface area contributed by atoms with E-state index in [2.05, 4.69) is 11.4 Å². The van der Waals surface area contributed by atoms with Crippen LogP contribution in [0.15, 0.2) is 41.8 Å². The number of carboxylic acid groups (broad SMARTS) is 1. The molecular formula is C22H22N2O4S. The van der Waals surface area contributed by atoms with E-state index in [9.17, 15) is 14.7 Å². The summed E-state index contributed by atoms with van der Waals surface area (Å²) in [4.78, 5) is 30.7. The van der Waals surface area contributed by atoms with Crippen LogP contribution in [0.25, 0.3) is 21.3 Å². The summed E-state index contributed by atoms with van der Waals surface area (Å²) in [5.41, 5.74) is 1.88. The van der Waals surface area contributed by atoms with Crippen LogP contribution < -0.4 is 4.90 Å². The van der Waals surface area contributed by atoms with Crippen LogP contribution >= 0.6 is 11.3 Å².